The molecule has 74 valence electrons. The van der Waals surface area contributed by atoms with E-state index in [0.29, 0.717) is 0 Å². The Morgan fingerprint density at radius 2 is 1.17 bits per heavy atom. The Bertz CT molecular complexity index is 89.2. The van der Waals surface area contributed by atoms with Crippen LogP contribution in [0.15, 0.2) is 0 Å². The van der Waals surface area contributed by atoms with Gasteiger partial charge in [-0.25, -0.2) is 0 Å². The highest BCUT2D eigenvalue weighted by atomic mass is 15.3. The highest BCUT2D eigenvalue weighted by Crippen LogP contribution is 2.38. The minimum absolute atomic E-state index is 1.00. The fourth-order valence-corrected chi connectivity index (χ4v) is 1.97. The van der Waals surface area contributed by atoms with Crippen molar-refractivity contribution < 1.29 is 0 Å². The SMILES string of the molecule is CC.CC.CN1C2CCCCC21. The molecule has 0 bridgehead atoms. The second-order valence-electron chi connectivity index (χ2n) is 3.08. The van der Waals surface area contributed by atoms with E-state index >= 15 is 0 Å². The lowest BCUT2D eigenvalue weighted by atomic mass is 10.0. The van der Waals surface area contributed by atoms with Gasteiger partial charge < -0.3 is 0 Å². The molecule has 2 unspecified atom stereocenters. The molecule has 0 N–H and O–H groups in total. The largest absolute Gasteiger partial charge is 0.297 e. The standard InChI is InChI=1S/C7H13N.2C2H6/c1-8-6-4-2-3-5-7(6)8;2*1-2/h6-7H,2-5H2,1H3;2*1-2H3. The van der Waals surface area contributed by atoms with Crippen LogP contribution in [0.4, 0.5) is 0 Å². The van der Waals surface area contributed by atoms with Crippen molar-refractivity contribution >= 4 is 0 Å². The van der Waals surface area contributed by atoms with E-state index in [9.17, 15) is 0 Å². The van der Waals surface area contributed by atoms with Crippen LogP contribution in [0.1, 0.15) is 53.4 Å². The average Bonchev–Trinajstić information content (AvgIpc) is 2.85. The van der Waals surface area contributed by atoms with Crippen LogP contribution in [0.2, 0.25) is 0 Å². The van der Waals surface area contributed by atoms with Crippen molar-refractivity contribution in [2.45, 2.75) is 65.5 Å². The molecule has 1 heteroatoms. The second-order valence-corrected chi connectivity index (χ2v) is 3.08. The van der Waals surface area contributed by atoms with Crippen molar-refractivity contribution in [3.8, 4) is 0 Å². The molecular formula is C11H25N. The molecule has 2 fully saturated rings. The Kier molecular flexibility index (Phi) is 6.45. The zero-order chi connectivity index (χ0) is 9.56. The van der Waals surface area contributed by atoms with Crippen LogP contribution in [-0.4, -0.2) is 24.0 Å². The molecule has 2 aliphatic rings. The van der Waals surface area contributed by atoms with Crippen LogP contribution < -0.4 is 0 Å². The summed E-state index contributed by atoms with van der Waals surface area (Å²) in [6.45, 7) is 8.00. The van der Waals surface area contributed by atoms with Crippen LogP contribution >= 0.6 is 0 Å². The van der Waals surface area contributed by atoms with Gasteiger partial charge in [0, 0.05) is 12.1 Å². The average molecular weight is 171 g/mol. The van der Waals surface area contributed by atoms with Crippen molar-refractivity contribution in [2.75, 3.05) is 7.05 Å². The predicted molar refractivity (Wildman–Crippen MR) is 56.5 cm³/mol. The monoisotopic (exact) mass is 171 g/mol. The van der Waals surface area contributed by atoms with Gasteiger partial charge in [-0.15, -0.1) is 0 Å². The molecule has 0 spiro atoms. The van der Waals surface area contributed by atoms with Gasteiger partial charge in [0.1, 0.15) is 0 Å². The van der Waals surface area contributed by atoms with Gasteiger partial charge in [0.15, 0.2) is 0 Å². The summed E-state index contributed by atoms with van der Waals surface area (Å²) in [6, 6.07) is 2.01. The number of hydrogen-bond donors (Lipinski definition) is 0. The molecule has 1 saturated heterocycles. The zero-order valence-corrected chi connectivity index (χ0v) is 9.43. The van der Waals surface area contributed by atoms with Gasteiger partial charge in [-0.1, -0.05) is 40.5 Å². The quantitative estimate of drug-likeness (QED) is 0.505. The van der Waals surface area contributed by atoms with Crippen molar-refractivity contribution in [3.63, 3.8) is 0 Å². The van der Waals surface area contributed by atoms with E-state index in [0.717, 1.165) is 12.1 Å². The highest BCUT2D eigenvalue weighted by molar-refractivity contribution is 5.01. The normalized spacial score (nSPS) is 36.2. The fourth-order valence-electron chi connectivity index (χ4n) is 1.97. The molecule has 1 aliphatic carbocycles. The molecule has 2 rings (SSSR count). The summed E-state index contributed by atoms with van der Waals surface area (Å²) >= 11 is 0. The maximum Gasteiger partial charge on any atom is 0.0252 e. The van der Waals surface area contributed by atoms with Crippen molar-refractivity contribution in [3.05, 3.63) is 0 Å². The predicted octanol–water partition coefficient (Wildman–Crippen LogP) is 3.30. The molecule has 0 aromatic rings. The smallest absolute Gasteiger partial charge is 0.0252 e. The third-order valence-corrected chi connectivity index (χ3v) is 2.65. The minimum Gasteiger partial charge on any atom is -0.297 e. The van der Waals surface area contributed by atoms with Crippen LogP contribution in [-0.2, 0) is 0 Å². The Balaban J connectivity index is 0.000000269. The summed E-state index contributed by atoms with van der Waals surface area (Å²) in [5, 5.41) is 0. The molecule has 12 heavy (non-hydrogen) atoms. The van der Waals surface area contributed by atoms with E-state index in [1.807, 2.05) is 27.7 Å². The maximum absolute atomic E-state index is 2.51. The molecule has 0 radical (unpaired) electrons. The van der Waals surface area contributed by atoms with E-state index in [1.165, 1.54) is 25.7 Å². The first kappa shape index (κ1) is 12.0. The number of rotatable bonds is 0. The molecule has 0 amide bonds. The summed E-state index contributed by atoms with van der Waals surface area (Å²) in [6.07, 6.45) is 5.90. The Labute approximate surface area is 78.1 Å². The molecule has 0 aromatic carbocycles. The van der Waals surface area contributed by atoms with Crippen LogP contribution in [0, 0.1) is 0 Å². The van der Waals surface area contributed by atoms with Crippen LogP contribution in [0.25, 0.3) is 0 Å². The van der Waals surface area contributed by atoms with Gasteiger partial charge in [-0.2, -0.15) is 0 Å². The highest BCUT2D eigenvalue weighted by Gasteiger charge is 2.44. The first-order valence-electron chi connectivity index (χ1n) is 5.61. The first-order chi connectivity index (χ1) is 5.89. The lowest BCUT2D eigenvalue weighted by Crippen LogP contribution is -2.00. The Hall–Kier alpha value is -0.0400. The number of likely N-dealkylation sites (N-methyl/N-ethyl adjacent to an activating group) is 1. The second kappa shape index (κ2) is 6.47. The number of fused-ring (bicyclic) bond motifs is 1. The topological polar surface area (TPSA) is 3.01 Å². The third kappa shape index (κ3) is 2.78. The Morgan fingerprint density at radius 3 is 1.42 bits per heavy atom. The molecule has 0 aromatic heterocycles. The number of likely N-dealkylation sites (tertiary alicyclic amines) is 1. The van der Waals surface area contributed by atoms with Gasteiger partial charge in [0.05, 0.1) is 0 Å². The fraction of sp³-hybridized carbons (Fsp3) is 1.00. The third-order valence-electron chi connectivity index (χ3n) is 2.65. The van der Waals surface area contributed by atoms with E-state index < -0.39 is 0 Å². The van der Waals surface area contributed by atoms with Crippen LogP contribution in [0.5, 0.6) is 0 Å². The first-order valence-corrected chi connectivity index (χ1v) is 5.61. The van der Waals surface area contributed by atoms with E-state index in [-0.39, 0.29) is 0 Å². The lowest BCUT2D eigenvalue weighted by molar-refractivity contribution is 0.571. The Morgan fingerprint density at radius 1 is 0.833 bits per heavy atom. The molecule has 1 saturated carbocycles. The summed E-state index contributed by atoms with van der Waals surface area (Å²) in [4.78, 5) is 2.51. The summed E-state index contributed by atoms with van der Waals surface area (Å²) in [7, 11) is 2.25. The van der Waals surface area contributed by atoms with Gasteiger partial charge in [-0.05, 0) is 19.9 Å². The van der Waals surface area contributed by atoms with Crippen molar-refractivity contribution in [1.29, 1.82) is 0 Å². The van der Waals surface area contributed by atoms with E-state index in [2.05, 4.69) is 11.9 Å². The molecule has 1 heterocycles. The summed E-state index contributed by atoms with van der Waals surface area (Å²) in [5.41, 5.74) is 0. The molecule has 1 nitrogen and oxygen atoms in total. The number of nitrogens with zero attached hydrogens (tertiary/aromatic N) is 1. The van der Waals surface area contributed by atoms with Gasteiger partial charge in [-0.3, -0.25) is 4.90 Å². The molecule has 1 aliphatic heterocycles. The maximum atomic E-state index is 2.51. The van der Waals surface area contributed by atoms with Crippen LogP contribution in [0.3, 0.4) is 0 Å². The van der Waals surface area contributed by atoms with E-state index in [4.69, 9.17) is 0 Å². The van der Waals surface area contributed by atoms with Crippen molar-refractivity contribution in [2.24, 2.45) is 0 Å². The molecule has 2 atom stereocenters. The summed E-state index contributed by atoms with van der Waals surface area (Å²) < 4.78 is 0. The van der Waals surface area contributed by atoms with Crippen molar-refractivity contribution in [1.82, 2.24) is 4.90 Å². The number of hydrogen-bond acceptors (Lipinski definition) is 1. The zero-order valence-electron chi connectivity index (χ0n) is 9.43. The minimum atomic E-state index is 1.00. The molecular weight excluding hydrogens is 146 g/mol. The van der Waals surface area contributed by atoms with Gasteiger partial charge in [0.2, 0.25) is 0 Å². The van der Waals surface area contributed by atoms with Gasteiger partial charge >= 0.3 is 0 Å². The van der Waals surface area contributed by atoms with Gasteiger partial charge in [0.25, 0.3) is 0 Å². The summed E-state index contributed by atoms with van der Waals surface area (Å²) in [5.74, 6) is 0. The van der Waals surface area contributed by atoms with E-state index in [1.54, 1.807) is 0 Å². The lowest BCUT2D eigenvalue weighted by Gasteiger charge is -2.02.